The molecule has 11 nitrogen and oxygen atoms in total. The van der Waals surface area contributed by atoms with E-state index in [9.17, 15) is 35.3 Å². The van der Waals surface area contributed by atoms with Gasteiger partial charge in [0.15, 0.2) is 1.41 Å². The Balaban J connectivity index is 2.31. The lowest BCUT2D eigenvalue weighted by atomic mass is 9.91. The Hall–Kier alpha value is -2.50. The van der Waals surface area contributed by atoms with Crippen molar-refractivity contribution in [3.8, 4) is 6.07 Å². The van der Waals surface area contributed by atoms with E-state index >= 15 is 0 Å². The number of aromatic nitrogens is 2. The quantitative estimate of drug-likeness (QED) is 0.311. The molecule has 0 aliphatic carbocycles. The van der Waals surface area contributed by atoms with Crippen LogP contribution in [0.25, 0.3) is 10.9 Å². The van der Waals surface area contributed by atoms with Gasteiger partial charge in [0.2, 0.25) is 11.7 Å². The molecule has 0 saturated carbocycles. The summed E-state index contributed by atoms with van der Waals surface area (Å²) < 4.78 is 16.4. The van der Waals surface area contributed by atoms with Gasteiger partial charge in [-0.25, -0.2) is 9.48 Å². The minimum Gasteiger partial charge on any atom is -0.478 e. The van der Waals surface area contributed by atoms with Gasteiger partial charge in [0, 0.05) is 20.2 Å². The van der Waals surface area contributed by atoms with Crippen LogP contribution in [0.5, 0.6) is 0 Å². The number of carbonyl (C=O) groups is 2. The monoisotopic (exact) mass is 601 g/mol. The van der Waals surface area contributed by atoms with E-state index in [1.807, 2.05) is 6.07 Å². The topological polar surface area (TPSA) is 178 Å². The number of aliphatic carboxylic acids is 1. The molecule has 2 aromatic rings. The van der Waals surface area contributed by atoms with Crippen LogP contribution in [0.2, 0.25) is 1.41 Å². The van der Waals surface area contributed by atoms with Gasteiger partial charge in [0.1, 0.15) is 30.1 Å². The first-order chi connectivity index (χ1) is 16.4. The summed E-state index contributed by atoms with van der Waals surface area (Å²) in [6.07, 6.45) is -4.22. The molecule has 1 amide bonds. The molecule has 2 heterocycles. The maximum atomic E-state index is 12.8. The highest BCUT2D eigenvalue weighted by molar-refractivity contribution is 9.13. The number of fused-ring (bicyclic) bond motifs is 1. The molecule has 0 unspecified atom stereocenters. The zero-order valence-corrected chi connectivity index (χ0v) is 21.1. The van der Waals surface area contributed by atoms with Crippen molar-refractivity contribution in [2.75, 3.05) is 6.61 Å². The zero-order chi connectivity index (χ0) is 26.2. The van der Waals surface area contributed by atoms with Gasteiger partial charge < -0.3 is 30.5 Å². The smallest absolute Gasteiger partial charge is 0.370 e. The molecular formula is C21H22Br2N4O7. The van der Waals surface area contributed by atoms with E-state index in [2.05, 4.69) is 37.0 Å². The van der Waals surface area contributed by atoms with Crippen molar-refractivity contribution in [2.45, 2.75) is 44.2 Å². The molecule has 0 saturated heterocycles. The number of carboxylic acids is 1. The first kappa shape index (κ1) is 24.6. The summed E-state index contributed by atoms with van der Waals surface area (Å²) in [5.41, 5.74) is 0.374. The maximum absolute atomic E-state index is 12.8. The lowest BCUT2D eigenvalue weighted by Gasteiger charge is -2.40. The number of ether oxygens (including phenoxy) is 1. The van der Waals surface area contributed by atoms with Gasteiger partial charge in [-0.3, -0.25) is 4.79 Å². The molecule has 5 atom stereocenters. The van der Waals surface area contributed by atoms with E-state index in [0.717, 1.165) is 6.08 Å². The second-order valence-electron chi connectivity index (χ2n) is 7.95. The summed E-state index contributed by atoms with van der Waals surface area (Å²) in [6.45, 7) is 2.21. The number of aliphatic hydroxyl groups is 3. The number of nitrogens with one attached hydrogen (secondary N) is 1. The van der Waals surface area contributed by atoms with E-state index in [4.69, 9.17) is 6.15 Å². The molecule has 3 rings (SSSR count). The van der Waals surface area contributed by atoms with Gasteiger partial charge in [-0.15, -0.1) is 0 Å². The lowest BCUT2D eigenvalue weighted by Crippen LogP contribution is -2.59. The van der Waals surface area contributed by atoms with Gasteiger partial charge in [0.05, 0.1) is 24.2 Å². The van der Waals surface area contributed by atoms with Crippen LogP contribution >= 0.6 is 31.9 Å². The lowest BCUT2D eigenvalue weighted by molar-refractivity contribution is -0.147. The Labute approximate surface area is 212 Å². The molecule has 0 bridgehead atoms. The van der Waals surface area contributed by atoms with Crippen molar-refractivity contribution in [3.05, 3.63) is 38.6 Å². The fraction of sp³-hybridized carbons (Fsp3) is 0.429. The third-order valence-corrected chi connectivity index (χ3v) is 7.14. The van der Waals surface area contributed by atoms with E-state index in [-0.39, 0.29) is 5.69 Å². The van der Waals surface area contributed by atoms with Crippen LogP contribution in [0, 0.1) is 17.2 Å². The Morgan fingerprint density at radius 2 is 2.00 bits per heavy atom. The third kappa shape index (κ3) is 4.96. The van der Waals surface area contributed by atoms with Crippen molar-refractivity contribution >= 4 is 54.6 Å². The number of benzene rings is 1. The first-order valence-electron chi connectivity index (χ1n) is 10.6. The fourth-order valence-electron chi connectivity index (χ4n) is 3.51. The maximum Gasteiger partial charge on any atom is 0.370 e. The Morgan fingerprint density at radius 3 is 2.56 bits per heavy atom. The van der Waals surface area contributed by atoms with Crippen molar-refractivity contribution < 1.29 is 36.2 Å². The van der Waals surface area contributed by atoms with Gasteiger partial charge in [-0.05, 0) is 50.1 Å². The standard InChI is InChI=1S/C21H22Br2N4O7/c1-8(2)20(31)25-17-13(5-16(21(32)33)34-19(17)18(30)15(29)7-28)27-14(6-24)9-3-10(22)11(23)4-12(9)26-27/h3-5,8,13,15,17-19,28-30H,7H2,1-2H3,(H,25,31)(H,32,33)/t13-,15+,17+,18+,19+/m0/s1/i/hD. The van der Waals surface area contributed by atoms with Crippen LogP contribution in [0.1, 0.15) is 25.6 Å². The largest absolute Gasteiger partial charge is 0.478 e. The van der Waals surface area contributed by atoms with Gasteiger partial charge in [0.25, 0.3) is 0 Å². The second-order valence-corrected chi connectivity index (χ2v) is 9.66. The third-order valence-electron chi connectivity index (χ3n) is 5.30. The molecule has 1 aliphatic rings. The number of hydrogen-bond acceptors (Lipinski definition) is 8. The predicted octanol–water partition coefficient (Wildman–Crippen LogP) is 1.20. The number of nitrogens with zero attached hydrogens (tertiary/aromatic N) is 3. The number of aliphatic hydroxyl groups excluding tert-OH is 3. The number of amides is 1. The summed E-state index contributed by atoms with van der Waals surface area (Å²) in [6, 6.07) is 2.60. The fourth-order valence-corrected chi connectivity index (χ4v) is 4.19. The van der Waals surface area contributed by atoms with Crippen molar-refractivity contribution in [1.82, 2.24) is 15.1 Å². The second kappa shape index (κ2) is 10.4. The molecule has 0 spiro atoms. The highest BCUT2D eigenvalue weighted by Crippen LogP contribution is 2.35. The van der Waals surface area contributed by atoms with Crippen LogP contribution in [-0.4, -0.2) is 73.0 Å². The number of carbonyl (C=O) groups excluding carboxylic acids is 1. The highest BCUT2D eigenvalue weighted by Gasteiger charge is 2.45. The summed E-state index contributed by atoms with van der Waals surface area (Å²) in [4.78, 5) is 24.7. The van der Waals surface area contributed by atoms with Gasteiger partial charge >= 0.3 is 5.97 Å². The Morgan fingerprint density at radius 1 is 1.35 bits per heavy atom. The molecule has 0 fully saturated rings. The minimum absolute atomic E-state index is 0.00688. The average molecular weight is 603 g/mol. The van der Waals surface area contributed by atoms with E-state index < -0.39 is 60.6 Å². The number of nitriles is 1. The molecular weight excluding hydrogens is 580 g/mol. The number of hydrogen-bond donors (Lipinski definition) is 5. The SMILES string of the molecule is [2H]N(C(=O)C(C)C)[C@H]1[C@H]([C@H](O)[C@H](O)CO)OC(C(=O)O)=C[C@@H]1n1nc2cc(Br)c(Br)cc2c1C#N. The average Bonchev–Trinajstić information content (AvgIpc) is 3.18. The number of carboxylic acid groups (broad SMARTS) is 1. The molecule has 13 heteroatoms. The molecule has 0 radical (unpaired) electrons. The molecule has 182 valence electrons. The van der Waals surface area contributed by atoms with Crippen molar-refractivity contribution in [1.29, 1.82) is 5.26 Å². The molecule has 34 heavy (non-hydrogen) atoms. The highest BCUT2D eigenvalue weighted by atomic mass is 79.9. The van der Waals surface area contributed by atoms with Crippen molar-refractivity contribution in [3.63, 3.8) is 0 Å². The first-order valence-corrected chi connectivity index (χ1v) is 11.7. The predicted molar refractivity (Wildman–Crippen MR) is 125 cm³/mol. The number of halogens is 2. The molecule has 1 aromatic carbocycles. The molecule has 1 aliphatic heterocycles. The minimum atomic E-state index is -1.89. The summed E-state index contributed by atoms with van der Waals surface area (Å²) in [5, 5.41) is 55.1. The normalized spacial score (nSPS) is 22.4. The zero-order valence-electron chi connectivity index (χ0n) is 19.0. The van der Waals surface area contributed by atoms with Gasteiger partial charge in [-0.1, -0.05) is 13.8 Å². The van der Waals surface area contributed by atoms with Crippen LogP contribution in [0.15, 0.2) is 32.9 Å². The molecule has 1 aromatic heterocycles. The van der Waals surface area contributed by atoms with Crippen LogP contribution in [-0.2, 0) is 14.3 Å². The van der Waals surface area contributed by atoms with Crippen molar-refractivity contribution in [2.24, 2.45) is 5.92 Å². The van der Waals surface area contributed by atoms with E-state index in [0.29, 0.717) is 25.2 Å². The van der Waals surface area contributed by atoms with Crippen LogP contribution in [0.4, 0.5) is 0 Å². The van der Waals surface area contributed by atoms with Crippen LogP contribution < -0.4 is 5.31 Å². The Kier molecular flexibility index (Phi) is 7.54. The summed E-state index contributed by atoms with van der Waals surface area (Å²) in [7, 11) is 0. The number of rotatable bonds is 7. The van der Waals surface area contributed by atoms with Gasteiger partial charge in [-0.2, -0.15) is 10.4 Å². The Bertz CT molecular complexity index is 1230. The van der Waals surface area contributed by atoms with E-state index in [1.165, 1.54) is 4.68 Å². The summed E-state index contributed by atoms with van der Waals surface area (Å²) in [5.74, 6) is -3.50. The van der Waals surface area contributed by atoms with E-state index in [1.54, 1.807) is 26.0 Å². The van der Waals surface area contributed by atoms with Crippen LogP contribution in [0.3, 0.4) is 0 Å². The molecule has 5 N–H and O–H groups in total. The summed E-state index contributed by atoms with van der Waals surface area (Å²) >= 11 is 6.73.